The predicted octanol–water partition coefficient (Wildman–Crippen LogP) is 2.84. The van der Waals surface area contributed by atoms with Crippen molar-refractivity contribution < 1.29 is 4.39 Å². The fourth-order valence-electron chi connectivity index (χ4n) is 2.73. The molecule has 0 radical (unpaired) electrons. The average Bonchev–Trinajstić information content (AvgIpc) is 2.83. The second kappa shape index (κ2) is 4.78. The zero-order valence-corrected chi connectivity index (χ0v) is 11.2. The quantitative estimate of drug-likeness (QED) is 0.898. The first kappa shape index (κ1) is 12.4. The van der Waals surface area contributed by atoms with Gasteiger partial charge in [-0.15, -0.1) is 0 Å². The molecule has 100 valence electrons. The van der Waals surface area contributed by atoms with E-state index in [1.54, 1.807) is 6.07 Å². The standard InChI is InChI=1S/C15H18FN3/c1-10(2)19-9-18-13-7-8-17-14(15(13)19)11-5-3-4-6-12(11)16/h3-6,9-10,14,17H,7-8H2,1-2H3. The molecule has 0 aliphatic carbocycles. The first-order valence-electron chi connectivity index (χ1n) is 6.72. The SMILES string of the molecule is CC(C)n1cnc2c1C(c1ccccc1F)NCC2. The van der Waals surface area contributed by atoms with Crippen molar-refractivity contribution in [2.45, 2.75) is 32.4 Å². The molecule has 0 saturated heterocycles. The molecule has 2 aromatic rings. The summed E-state index contributed by atoms with van der Waals surface area (Å²) in [6.45, 7) is 5.07. The minimum atomic E-state index is -0.163. The van der Waals surface area contributed by atoms with Gasteiger partial charge in [0.1, 0.15) is 5.82 Å². The molecule has 0 spiro atoms. The molecule has 1 N–H and O–H groups in total. The third kappa shape index (κ3) is 2.06. The van der Waals surface area contributed by atoms with Crippen LogP contribution in [-0.4, -0.2) is 16.1 Å². The zero-order valence-electron chi connectivity index (χ0n) is 11.2. The van der Waals surface area contributed by atoms with Gasteiger partial charge >= 0.3 is 0 Å². The number of aromatic nitrogens is 2. The molecule has 0 saturated carbocycles. The topological polar surface area (TPSA) is 29.9 Å². The second-order valence-corrected chi connectivity index (χ2v) is 5.24. The molecular formula is C15H18FN3. The summed E-state index contributed by atoms with van der Waals surface area (Å²) in [5.74, 6) is -0.163. The summed E-state index contributed by atoms with van der Waals surface area (Å²) in [5, 5.41) is 3.41. The van der Waals surface area contributed by atoms with Gasteiger partial charge in [-0.05, 0) is 19.9 Å². The minimum Gasteiger partial charge on any atom is -0.330 e. The lowest BCUT2D eigenvalue weighted by molar-refractivity contribution is 0.475. The van der Waals surface area contributed by atoms with Crippen molar-refractivity contribution in [3.05, 3.63) is 53.4 Å². The summed E-state index contributed by atoms with van der Waals surface area (Å²) in [5.41, 5.74) is 2.89. The molecule has 3 nitrogen and oxygen atoms in total. The highest BCUT2D eigenvalue weighted by molar-refractivity contribution is 5.34. The van der Waals surface area contributed by atoms with Crippen LogP contribution in [0.25, 0.3) is 0 Å². The van der Waals surface area contributed by atoms with Crippen LogP contribution < -0.4 is 5.32 Å². The molecule has 0 bridgehead atoms. The number of imidazole rings is 1. The van der Waals surface area contributed by atoms with Gasteiger partial charge in [-0.1, -0.05) is 18.2 Å². The van der Waals surface area contributed by atoms with Gasteiger partial charge < -0.3 is 9.88 Å². The fourth-order valence-corrected chi connectivity index (χ4v) is 2.73. The second-order valence-electron chi connectivity index (χ2n) is 5.24. The van der Waals surface area contributed by atoms with Crippen molar-refractivity contribution in [2.75, 3.05) is 6.54 Å². The van der Waals surface area contributed by atoms with Crippen LogP contribution in [0.3, 0.4) is 0 Å². The number of rotatable bonds is 2. The van der Waals surface area contributed by atoms with Crippen LogP contribution in [0.1, 0.15) is 42.9 Å². The van der Waals surface area contributed by atoms with Crippen molar-refractivity contribution in [3.63, 3.8) is 0 Å². The Morgan fingerprint density at radius 2 is 2.16 bits per heavy atom. The monoisotopic (exact) mass is 259 g/mol. The maximum absolute atomic E-state index is 14.0. The Bertz CT molecular complexity index is 589. The van der Waals surface area contributed by atoms with Crippen molar-refractivity contribution in [3.8, 4) is 0 Å². The van der Waals surface area contributed by atoms with E-state index in [9.17, 15) is 4.39 Å². The van der Waals surface area contributed by atoms with E-state index in [0.29, 0.717) is 11.6 Å². The van der Waals surface area contributed by atoms with Gasteiger partial charge in [0.25, 0.3) is 0 Å². The van der Waals surface area contributed by atoms with Crippen LogP contribution in [0.15, 0.2) is 30.6 Å². The normalized spacial score (nSPS) is 18.6. The highest BCUT2D eigenvalue weighted by Crippen LogP contribution is 2.31. The van der Waals surface area contributed by atoms with E-state index in [2.05, 4.69) is 28.7 Å². The molecule has 1 aromatic carbocycles. The van der Waals surface area contributed by atoms with E-state index in [-0.39, 0.29) is 11.9 Å². The van der Waals surface area contributed by atoms with Gasteiger partial charge in [-0.3, -0.25) is 0 Å². The fraction of sp³-hybridized carbons (Fsp3) is 0.400. The van der Waals surface area contributed by atoms with Crippen molar-refractivity contribution in [2.24, 2.45) is 0 Å². The largest absolute Gasteiger partial charge is 0.330 e. The van der Waals surface area contributed by atoms with Crippen LogP contribution >= 0.6 is 0 Å². The first-order valence-corrected chi connectivity index (χ1v) is 6.72. The Morgan fingerprint density at radius 1 is 1.37 bits per heavy atom. The van der Waals surface area contributed by atoms with E-state index >= 15 is 0 Å². The third-order valence-electron chi connectivity index (χ3n) is 3.67. The number of benzene rings is 1. The summed E-state index contributed by atoms with van der Waals surface area (Å²) < 4.78 is 16.2. The lowest BCUT2D eigenvalue weighted by Crippen LogP contribution is -2.33. The van der Waals surface area contributed by atoms with Crippen molar-refractivity contribution >= 4 is 0 Å². The summed E-state index contributed by atoms with van der Waals surface area (Å²) in [6.07, 6.45) is 2.77. The van der Waals surface area contributed by atoms with Gasteiger partial charge in [-0.25, -0.2) is 9.37 Å². The minimum absolute atomic E-state index is 0.102. The highest BCUT2D eigenvalue weighted by atomic mass is 19.1. The molecule has 1 unspecified atom stereocenters. The Kier molecular flexibility index (Phi) is 3.11. The molecule has 3 rings (SSSR count). The van der Waals surface area contributed by atoms with Crippen LogP contribution in [0, 0.1) is 5.82 Å². The zero-order chi connectivity index (χ0) is 13.4. The summed E-state index contributed by atoms with van der Waals surface area (Å²) in [7, 11) is 0. The van der Waals surface area contributed by atoms with Crippen molar-refractivity contribution in [1.29, 1.82) is 0 Å². The maximum atomic E-state index is 14.0. The molecule has 2 heterocycles. The lowest BCUT2D eigenvalue weighted by atomic mass is 9.97. The number of nitrogens with one attached hydrogen (secondary N) is 1. The lowest BCUT2D eigenvalue weighted by Gasteiger charge is -2.27. The molecule has 19 heavy (non-hydrogen) atoms. The highest BCUT2D eigenvalue weighted by Gasteiger charge is 2.28. The number of hydrogen-bond donors (Lipinski definition) is 1. The molecule has 1 aliphatic heterocycles. The molecule has 1 aromatic heterocycles. The number of hydrogen-bond acceptors (Lipinski definition) is 2. The Hall–Kier alpha value is -1.68. The van der Waals surface area contributed by atoms with Gasteiger partial charge in [-0.2, -0.15) is 0 Å². The van der Waals surface area contributed by atoms with Crippen LogP contribution in [0.4, 0.5) is 4.39 Å². The van der Waals surface area contributed by atoms with Crippen molar-refractivity contribution in [1.82, 2.24) is 14.9 Å². The smallest absolute Gasteiger partial charge is 0.128 e. The Balaban J connectivity index is 2.12. The summed E-state index contributed by atoms with van der Waals surface area (Å²) in [6, 6.07) is 7.19. The first-order chi connectivity index (χ1) is 9.18. The van der Waals surface area contributed by atoms with Gasteiger partial charge in [0, 0.05) is 24.6 Å². The molecule has 0 amide bonds. The Labute approximate surface area is 112 Å². The number of nitrogens with zero attached hydrogens (tertiary/aromatic N) is 2. The molecule has 1 aliphatic rings. The van der Waals surface area contributed by atoms with Gasteiger partial charge in [0.15, 0.2) is 0 Å². The predicted molar refractivity (Wildman–Crippen MR) is 72.6 cm³/mol. The molecular weight excluding hydrogens is 241 g/mol. The van der Waals surface area contributed by atoms with Crippen LogP contribution in [0.2, 0.25) is 0 Å². The molecule has 4 heteroatoms. The van der Waals surface area contributed by atoms with Gasteiger partial charge in [0.2, 0.25) is 0 Å². The number of fused-ring (bicyclic) bond motifs is 1. The van der Waals surface area contributed by atoms with Crippen LogP contribution in [-0.2, 0) is 6.42 Å². The van der Waals surface area contributed by atoms with E-state index in [0.717, 1.165) is 24.4 Å². The molecule has 0 fully saturated rings. The summed E-state index contributed by atoms with van der Waals surface area (Å²) in [4.78, 5) is 4.48. The number of halogens is 1. The van der Waals surface area contributed by atoms with E-state index in [1.807, 2.05) is 18.5 Å². The Morgan fingerprint density at radius 3 is 2.89 bits per heavy atom. The molecule has 1 atom stereocenters. The van der Waals surface area contributed by atoms with E-state index in [4.69, 9.17) is 0 Å². The van der Waals surface area contributed by atoms with E-state index < -0.39 is 0 Å². The van der Waals surface area contributed by atoms with Crippen LogP contribution in [0.5, 0.6) is 0 Å². The van der Waals surface area contributed by atoms with Gasteiger partial charge in [0.05, 0.1) is 23.8 Å². The summed E-state index contributed by atoms with van der Waals surface area (Å²) >= 11 is 0. The maximum Gasteiger partial charge on any atom is 0.128 e. The van der Waals surface area contributed by atoms with E-state index in [1.165, 1.54) is 6.07 Å². The third-order valence-corrected chi connectivity index (χ3v) is 3.67. The average molecular weight is 259 g/mol.